The fraction of sp³-hybridized carbons (Fsp3) is 0.750. The minimum atomic E-state index is -0.0329. The normalized spacial score (nSPS) is 20.1. The Labute approximate surface area is 107 Å². The number of aryl methyl sites for hydroxylation is 1. The number of likely N-dealkylation sites (tertiary alicyclic amines) is 1. The molecule has 0 aliphatic carbocycles. The molecule has 2 heterocycles. The lowest BCUT2D eigenvalue weighted by Crippen LogP contribution is -2.41. The first kappa shape index (κ1) is 13.0. The summed E-state index contributed by atoms with van der Waals surface area (Å²) in [5.41, 5.74) is 0. The molecule has 1 fully saturated rings. The molecule has 100 valence electrons. The van der Waals surface area contributed by atoms with Crippen LogP contribution in [0.25, 0.3) is 0 Å². The number of hydrogen-bond acceptors (Lipinski definition) is 5. The zero-order chi connectivity index (χ0) is 13.1. The fourth-order valence-corrected chi connectivity index (χ4v) is 2.19. The largest absolute Gasteiger partial charge is 0.341 e. The Morgan fingerprint density at radius 3 is 2.94 bits per heavy atom. The minimum Gasteiger partial charge on any atom is -0.341 e. The van der Waals surface area contributed by atoms with E-state index in [9.17, 15) is 4.79 Å². The van der Waals surface area contributed by atoms with Gasteiger partial charge in [-0.25, -0.2) is 0 Å². The first-order chi connectivity index (χ1) is 8.56. The van der Waals surface area contributed by atoms with E-state index in [1.54, 1.807) is 6.92 Å². The van der Waals surface area contributed by atoms with Crippen molar-refractivity contribution in [2.45, 2.75) is 45.7 Å². The molecule has 18 heavy (non-hydrogen) atoms. The van der Waals surface area contributed by atoms with Gasteiger partial charge in [-0.1, -0.05) is 19.0 Å². The maximum Gasteiger partial charge on any atom is 0.239 e. The van der Waals surface area contributed by atoms with Gasteiger partial charge >= 0.3 is 0 Å². The van der Waals surface area contributed by atoms with Crippen LogP contribution >= 0.6 is 0 Å². The lowest BCUT2D eigenvalue weighted by atomic mass is 10.2. The van der Waals surface area contributed by atoms with Gasteiger partial charge in [0, 0.05) is 25.6 Å². The SMILES string of the molecule is Cc1noc(CCN2CCC(NC(C)C)C2=O)n1. The zero-order valence-electron chi connectivity index (χ0n) is 11.1. The van der Waals surface area contributed by atoms with E-state index in [4.69, 9.17) is 4.52 Å². The summed E-state index contributed by atoms with van der Waals surface area (Å²) in [4.78, 5) is 18.1. The standard InChI is InChI=1S/C12H20N4O2/c1-8(2)13-10-4-6-16(12(10)17)7-5-11-14-9(3)15-18-11/h8,10,13H,4-7H2,1-3H3. The zero-order valence-corrected chi connectivity index (χ0v) is 11.1. The van der Waals surface area contributed by atoms with E-state index in [0.717, 1.165) is 13.0 Å². The van der Waals surface area contributed by atoms with Crippen LogP contribution < -0.4 is 5.32 Å². The van der Waals surface area contributed by atoms with Crippen LogP contribution in [-0.4, -0.2) is 46.1 Å². The van der Waals surface area contributed by atoms with Crippen LogP contribution in [0.1, 0.15) is 32.0 Å². The summed E-state index contributed by atoms with van der Waals surface area (Å²) < 4.78 is 5.04. The number of aromatic nitrogens is 2. The molecule has 1 aliphatic heterocycles. The Balaban J connectivity index is 1.82. The third-order valence-corrected chi connectivity index (χ3v) is 3.00. The minimum absolute atomic E-state index is 0.0329. The number of nitrogens with zero attached hydrogens (tertiary/aromatic N) is 3. The first-order valence-corrected chi connectivity index (χ1v) is 6.40. The molecule has 6 heteroatoms. The van der Waals surface area contributed by atoms with Crippen molar-refractivity contribution in [2.75, 3.05) is 13.1 Å². The number of hydrogen-bond donors (Lipinski definition) is 1. The molecular weight excluding hydrogens is 232 g/mol. The van der Waals surface area contributed by atoms with Crippen molar-refractivity contribution in [2.24, 2.45) is 0 Å². The monoisotopic (exact) mass is 252 g/mol. The molecular formula is C12H20N4O2. The van der Waals surface area contributed by atoms with Crippen LogP contribution in [0.2, 0.25) is 0 Å². The highest BCUT2D eigenvalue weighted by molar-refractivity contribution is 5.84. The summed E-state index contributed by atoms with van der Waals surface area (Å²) >= 11 is 0. The Bertz CT molecular complexity index is 416. The highest BCUT2D eigenvalue weighted by Crippen LogP contribution is 2.12. The smallest absolute Gasteiger partial charge is 0.239 e. The number of carbonyl (C=O) groups is 1. The first-order valence-electron chi connectivity index (χ1n) is 6.40. The maximum atomic E-state index is 12.1. The fourth-order valence-electron chi connectivity index (χ4n) is 2.19. The van der Waals surface area contributed by atoms with E-state index in [-0.39, 0.29) is 11.9 Å². The van der Waals surface area contributed by atoms with Crippen LogP contribution in [0.4, 0.5) is 0 Å². The van der Waals surface area contributed by atoms with Crippen molar-refractivity contribution < 1.29 is 9.32 Å². The van der Waals surface area contributed by atoms with Crippen molar-refractivity contribution in [3.8, 4) is 0 Å². The van der Waals surface area contributed by atoms with Crippen LogP contribution in [0.15, 0.2) is 4.52 Å². The molecule has 0 radical (unpaired) electrons. The van der Waals surface area contributed by atoms with E-state index in [2.05, 4.69) is 29.3 Å². The second-order valence-electron chi connectivity index (χ2n) is 4.97. The van der Waals surface area contributed by atoms with Crippen LogP contribution in [0.3, 0.4) is 0 Å². The number of nitrogens with one attached hydrogen (secondary N) is 1. The lowest BCUT2D eigenvalue weighted by Gasteiger charge is -2.17. The lowest BCUT2D eigenvalue weighted by molar-refractivity contribution is -0.129. The Morgan fingerprint density at radius 1 is 1.56 bits per heavy atom. The van der Waals surface area contributed by atoms with Crippen molar-refractivity contribution in [3.63, 3.8) is 0 Å². The van der Waals surface area contributed by atoms with Gasteiger partial charge in [-0.2, -0.15) is 4.98 Å². The number of amides is 1. The maximum absolute atomic E-state index is 12.1. The molecule has 0 aromatic carbocycles. The molecule has 1 unspecified atom stereocenters. The average molecular weight is 252 g/mol. The van der Waals surface area contributed by atoms with E-state index >= 15 is 0 Å². The van der Waals surface area contributed by atoms with E-state index in [1.807, 2.05) is 4.90 Å². The Morgan fingerprint density at radius 2 is 2.33 bits per heavy atom. The Kier molecular flexibility index (Phi) is 3.96. The molecule has 6 nitrogen and oxygen atoms in total. The summed E-state index contributed by atoms with van der Waals surface area (Å²) in [6, 6.07) is 0.298. The van der Waals surface area contributed by atoms with Gasteiger partial charge in [-0.15, -0.1) is 0 Å². The molecule has 0 saturated carbocycles. The predicted molar refractivity (Wildman–Crippen MR) is 66.0 cm³/mol. The highest BCUT2D eigenvalue weighted by Gasteiger charge is 2.31. The topological polar surface area (TPSA) is 71.3 Å². The molecule has 1 N–H and O–H groups in total. The van der Waals surface area contributed by atoms with Crippen LogP contribution in [-0.2, 0) is 11.2 Å². The van der Waals surface area contributed by atoms with Gasteiger partial charge in [0.25, 0.3) is 0 Å². The van der Waals surface area contributed by atoms with Crippen molar-refractivity contribution in [3.05, 3.63) is 11.7 Å². The molecule has 1 atom stereocenters. The molecule has 0 spiro atoms. The van der Waals surface area contributed by atoms with Crippen molar-refractivity contribution in [1.29, 1.82) is 0 Å². The third kappa shape index (κ3) is 3.07. The van der Waals surface area contributed by atoms with Gasteiger partial charge in [0.1, 0.15) is 0 Å². The van der Waals surface area contributed by atoms with Crippen molar-refractivity contribution >= 4 is 5.91 Å². The van der Waals surface area contributed by atoms with Crippen molar-refractivity contribution in [1.82, 2.24) is 20.4 Å². The molecule has 1 saturated heterocycles. The summed E-state index contributed by atoms with van der Waals surface area (Å²) in [5, 5.41) is 7.01. The van der Waals surface area contributed by atoms with E-state index in [0.29, 0.717) is 30.7 Å². The molecule has 1 aliphatic rings. The summed E-state index contributed by atoms with van der Waals surface area (Å²) in [6.07, 6.45) is 1.50. The molecule has 1 aromatic rings. The number of carbonyl (C=O) groups excluding carboxylic acids is 1. The van der Waals surface area contributed by atoms with Gasteiger partial charge in [0.05, 0.1) is 6.04 Å². The average Bonchev–Trinajstić information content (AvgIpc) is 2.85. The second-order valence-corrected chi connectivity index (χ2v) is 4.97. The van der Waals surface area contributed by atoms with Gasteiger partial charge in [-0.05, 0) is 13.3 Å². The van der Waals surface area contributed by atoms with E-state index in [1.165, 1.54) is 0 Å². The highest BCUT2D eigenvalue weighted by atomic mass is 16.5. The molecule has 1 aromatic heterocycles. The van der Waals surface area contributed by atoms with E-state index < -0.39 is 0 Å². The third-order valence-electron chi connectivity index (χ3n) is 3.00. The summed E-state index contributed by atoms with van der Waals surface area (Å²) in [6.45, 7) is 7.35. The predicted octanol–water partition coefficient (Wildman–Crippen LogP) is 0.519. The summed E-state index contributed by atoms with van der Waals surface area (Å²) in [5.74, 6) is 1.41. The quantitative estimate of drug-likeness (QED) is 0.827. The van der Waals surface area contributed by atoms with Gasteiger partial charge in [0.15, 0.2) is 5.82 Å². The number of rotatable bonds is 5. The second kappa shape index (κ2) is 5.48. The van der Waals surface area contributed by atoms with Gasteiger partial charge in [-0.3, -0.25) is 4.79 Å². The molecule has 1 amide bonds. The van der Waals surface area contributed by atoms with Crippen LogP contribution in [0, 0.1) is 6.92 Å². The van der Waals surface area contributed by atoms with Crippen LogP contribution in [0.5, 0.6) is 0 Å². The Hall–Kier alpha value is -1.43. The molecule has 0 bridgehead atoms. The molecule has 2 rings (SSSR count). The summed E-state index contributed by atoms with van der Waals surface area (Å²) in [7, 11) is 0. The van der Waals surface area contributed by atoms with Gasteiger partial charge < -0.3 is 14.7 Å². The van der Waals surface area contributed by atoms with Gasteiger partial charge in [0.2, 0.25) is 11.8 Å².